The first-order valence-electron chi connectivity index (χ1n) is 5.15. The first-order chi connectivity index (χ1) is 7.99. The minimum Gasteiger partial charge on any atom is -0.143 e. The van der Waals surface area contributed by atoms with Gasteiger partial charge in [-0.25, -0.2) is 0 Å². The fourth-order valence-electron chi connectivity index (χ4n) is 1.65. The Morgan fingerprint density at radius 2 is 1.76 bits per heavy atom. The number of aryl methyl sites for hydroxylation is 2. The van der Waals surface area contributed by atoms with Gasteiger partial charge in [-0.15, -0.1) is 11.3 Å². The van der Waals surface area contributed by atoms with Crippen LogP contribution in [0.3, 0.4) is 0 Å². The molecule has 0 aliphatic heterocycles. The zero-order chi connectivity index (χ0) is 12.6. The molecule has 0 nitrogen and oxygen atoms in total. The van der Waals surface area contributed by atoms with Gasteiger partial charge < -0.3 is 0 Å². The summed E-state index contributed by atoms with van der Waals surface area (Å²) in [6, 6.07) is 8.64. The normalized spacial score (nSPS) is 12.8. The topological polar surface area (TPSA) is 0 Å². The van der Waals surface area contributed by atoms with Crippen molar-refractivity contribution in [1.29, 1.82) is 0 Å². The molecule has 1 aromatic carbocycles. The van der Waals surface area contributed by atoms with E-state index >= 15 is 0 Å². The van der Waals surface area contributed by atoms with Crippen molar-refractivity contribution in [2.45, 2.75) is 18.7 Å². The van der Waals surface area contributed by atoms with Crippen LogP contribution in [0.2, 0.25) is 0 Å². The van der Waals surface area contributed by atoms with Gasteiger partial charge in [0.2, 0.25) is 0 Å². The third kappa shape index (κ3) is 3.03. The molecule has 1 aromatic heterocycles. The largest absolute Gasteiger partial charge is 0.143 e. The highest BCUT2D eigenvalue weighted by molar-refractivity contribution is 9.11. The Bertz CT molecular complexity index is 546. The molecule has 2 rings (SSSR count). The van der Waals surface area contributed by atoms with E-state index in [9.17, 15) is 0 Å². The smallest absolute Gasteiger partial charge is 0.0749 e. The summed E-state index contributed by atoms with van der Waals surface area (Å²) >= 11 is 12.8. The predicted molar refractivity (Wildman–Crippen MR) is 86.4 cm³/mol. The van der Waals surface area contributed by atoms with Gasteiger partial charge >= 0.3 is 0 Å². The molecule has 0 spiro atoms. The van der Waals surface area contributed by atoms with Crippen LogP contribution < -0.4 is 0 Å². The average molecular weight is 439 g/mol. The lowest BCUT2D eigenvalue weighted by molar-refractivity contribution is 1.19. The van der Waals surface area contributed by atoms with Crippen molar-refractivity contribution in [3.05, 3.63) is 54.1 Å². The third-order valence-electron chi connectivity index (χ3n) is 2.54. The Morgan fingerprint density at radius 1 is 1.06 bits per heavy atom. The van der Waals surface area contributed by atoms with Crippen LogP contribution in [0, 0.1) is 13.8 Å². The molecule has 0 saturated heterocycles. The van der Waals surface area contributed by atoms with E-state index in [1.165, 1.54) is 25.4 Å². The molecule has 0 amide bonds. The molecule has 2 aromatic rings. The van der Waals surface area contributed by atoms with Gasteiger partial charge in [0.25, 0.3) is 0 Å². The van der Waals surface area contributed by atoms with Crippen molar-refractivity contribution in [2.24, 2.45) is 0 Å². The van der Waals surface area contributed by atoms with Crippen LogP contribution in [0.4, 0.5) is 0 Å². The van der Waals surface area contributed by atoms with Crippen LogP contribution in [-0.2, 0) is 0 Å². The number of thiophene rings is 1. The van der Waals surface area contributed by atoms with E-state index in [0.29, 0.717) is 0 Å². The van der Waals surface area contributed by atoms with Crippen molar-refractivity contribution >= 4 is 59.1 Å². The molecular weight excluding hydrogens is 428 g/mol. The lowest BCUT2D eigenvalue weighted by atomic mass is 10.1. The Labute approximate surface area is 131 Å². The average Bonchev–Trinajstić information content (AvgIpc) is 2.61. The fraction of sp³-hybridized carbons (Fsp3) is 0.231. The Kier molecular flexibility index (Phi) is 4.50. The standard InChI is InChI=1S/C13H11Br3S/c1-7-5-9(3-4-10(7)14)12(16)13-11(15)6-8(2)17-13/h3-6,12H,1-2H3. The molecule has 0 saturated carbocycles. The Hall–Kier alpha value is 0.360. The van der Waals surface area contributed by atoms with Crippen LogP contribution in [0.15, 0.2) is 33.2 Å². The van der Waals surface area contributed by atoms with Crippen molar-refractivity contribution in [3.63, 3.8) is 0 Å². The fourth-order valence-corrected chi connectivity index (χ4v) is 4.90. The van der Waals surface area contributed by atoms with E-state index < -0.39 is 0 Å². The predicted octanol–water partition coefficient (Wildman–Crippen LogP) is 6.37. The van der Waals surface area contributed by atoms with E-state index in [1.54, 1.807) is 0 Å². The van der Waals surface area contributed by atoms with E-state index in [2.05, 4.69) is 85.9 Å². The van der Waals surface area contributed by atoms with Crippen LogP contribution >= 0.6 is 59.1 Å². The number of alkyl halides is 1. The number of rotatable bonds is 2. The van der Waals surface area contributed by atoms with Gasteiger partial charge in [0.15, 0.2) is 0 Å². The first-order valence-corrected chi connectivity index (χ1v) is 8.47. The minimum absolute atomic E-state index is 0.252. The summed E-state index contributed by atoms with van der Waals surface area (Å²) in [5.41, 5.74) is 2.55. The summed E-state index contributed by atoms with van der Waals surface area (Å²) in [4.78, 5) is 2.90. The van der Waals surface area contributed by atoms with Crippen molar-refractivity contribution in [1.82, 2.24) is 0 Å². The van der Waals surface area contributed by atoms with Crippen LogP contribution in [0.25, 0.3) is 0 Å². The zero-order valence-corrected chi connectivity index (χ0v) is 15.0. The second-order valence-corrected chi connectivity index (χ2v) is 7.85. The summed E-state index contributed by atoms with van der Waals surface area (Å²) in [5, 5.41) is 0. The molecule has 0 N–H and O–H groups in total. The Morgan fingerprint density at radius 3 is 2.29 bits per heavy atom. The van der Waals surface area contributed by atoms with Crippen LogP contribution in [0.1, 0.15) is 25.7 Å². The van der Waals surface area contributed by atoms with E-state index in [-0.39, 0.29) is 4.83 Å². The lowest BCUT2D eigenvalue weighted by Crippen LogP contribution is -1.91. The lowest BCUT2D eigenvalue weighted by Gasteiger charge is -2.11. The second-order valence-electron chi connectivity index (χ2n) is 3.94. The van der Waals surface area contributed by atoms with Gasteiger partial charge in [0.05, 0.1) is 4.83 Å². The molecule has 0 fully saturated rings. The van der Waals surface area contributed by atoms with Crippen LogP contribution in [-0.4, -0.2) is 0 Å². The second kappa shape index (κ2) is 5.55. The molecule has 17 heavy (non-hydrogen) atoms. The molecule has 0 aliphatic carbocycles. The molecule has 1 atom stereocenters. The number of benzene rings is 1. The van der Waals surface area contributed by atoms with Crippen LogP contribution in [0.5, 0.6) is 0 Å². The zero-order valence-electron chi connectivity index (χ0n) is 9.43. The van der Waals surface area contributed by atoms with Gasteiger partial charge in [0, 0.05) is 18.7 Å². The quantitative estimate of drug-likeness (QED) is 0.477. The van der Waals surface area contributed by atoms with Crippen molar-refractivity contribution < 1.29 is 0 Å². The molecule has 4 heteroatoms. The summed E-state index contributed by atoms with van der Waals surface area (Å²) in [6.45, 7) is 4.24. The molecular formula is C13H11Br3S. The van der Waals surface area contributed by atoms with Gasteiger partial charge in [-0.05, 0) is 53.0 Å². The maximum atomic E-state index is 3.78. The summed E-state index contributed by atoms with van der Waals surface area (Å²) in [5.74, 6) is 0. The Balaban J connectivity index is 2.40. The molecule has 0 bridgehead atoms. The minimum atomic E-state index is 0.252. The van der Waals surface area contributed by atoms with Gasteiger partial charge in [0.1, 0.15) is 0 Å². The number of hydrogen-bond acceptors (Lipinski definition) is 1. The van der Waals surface area contributed by atoms with Gasteiger partial charge in [-0.1, -0.05) is 44.0 Å². The highest BCUT2D eigenvalue weighted by atomic mass is 79.9. The highest BCUT2D eigenvalue weighted by Gasteiger charge is 2.16. The molecule has 1 unspecified atom stereocenters. The summed E-state index contributed by atoms with van der Waals surface area (Å²) in [6.07, 6.45) is 0. The molecule has 1 heterocycles. The van der Waals surface area contributed by atoms with E-state index in [1.807, 2.05) is 11.3 Å². The summed E-state index contributed by atoms with van der Waals surface area (Å²) in [7, 11) is 0. The van der Waals surface area contributed by atoms with Crippen molar-refractivity contribution in [2.75, 3.05) is 0 Å². The molecule has 0 aliphatic rings. The first kappa shape index (κ1) is 13.8. The SMILES string of the molecule is Cc1cc(Br)c(C(Br)c2ccc(Br)c(C)c2)s1. The molecule has 0 radical (unpaired) electrons. The van der Waals surface area contributed by atoms with Gasteiger partial charge in [-0.2, -0.15) is 0 Å². The van der Waals surface area contributed by atoms with Gasteiger partial charge in [-0.3, -0.25) is 0 Å². The maximum absolute atomic E-state index is 3.78. The highest BCUT2D eigenvalue weighted by Crippen LogP contribution is 2.41. The monoisotopic (exact) mass is 436 g/mol. The summed E-state index contributed by atoms with van der Waals surface area (Å²) < 4.78 is 2.34. The number of hydrogen-bond donors (Lipinski definition) is 0. The third-order valence-corrected chi connectivity index (χ3v) is 6.75. The maximum Gasteiger partial charge on any atom is 0.0749 e. The van der Waals surface area contributed by atoms with E-state index in [0.717, 1.165) is 4.47 Å². The van der Waals surface area contributed by atoms with Crippen molar-refractivity contribution in [3.8, 4) is 0 Å². The number of halogens is 3. The molecule has 90 valence electrons. The van der Waals surface area contributed by atoms with E-state index in [4.69, 9.17) is 0 Å².